The molecule has 0 spiro atoms. The van der Waals surface area contributed by atoms with E-state index in [2.05, 4.69) is 15.6 Å². The molecule has 1 aromatic rings. The summed E-state index contributed by atoms with van der Waals surface area (Å²) >= 11 is 0. The Morgan fingerprint density at radius 3 is 2.82 bits per heavy atom. The number of guanidine groups is 1. The average molecular weight is 316 g/mol. The number of aryl methyl sites for hydroxylation is 1. The molecule has 5 atom stereocenters. The Hall–Kier alpha value is -1.75. The maximum Gasteiger partial charge on any atom is 0.271 e. The normalized spacial score (nSPS) is 36.1. The number of nitrogens with zero attached hydrogens (tertiary/aromatic N) is 3. The fourth-order valence-corrected chi connectivity index (χ4v) is 2.79. The molecule has 10 heteroatoms. The topological polar surface area (TPSA) is 115 Å². The van der Waals surface area contributed by atoms with Crippen LogP contribution in [0.15, 0.2) is 11.3 Å². The predicted molar refractivity (Wildman–Crippen MR) is 72.6 cm³/mol. The number of anilines is 1. The average Bonchev–Trinajstić information content (AvgIpc) is 2.98. The summed E-state index contributed by atoms with van der Waals surface area (Å²) in [5.41, 5.74) is 0.477. The lowest BCUT2D eigenvalue weighted by atomic mass is 10.1. The zero-order chi connectivity index (χ0) is 16.0. The van der Waals surface area contributed by atoms with Gasteiger partial charge in [-0.3, -0.25) is 4.57 Å². The number of aromatic nitrogens is 2. The molecule has 2 aliphatic rings. The molecule has 2 unspecified atom stereocenters. The summed E-state index contributed by atoms with van der Waals surface area (Å²) in [6, 6.07) is 0. The van der Waals surface area contributed by atoms with E-state index in [-0.39, 0.29) is 0 Å². The van der Waals surface area contributed by atoms with Crippen molar-refractivity contribution in [3.8, 4) is 0 Å². The molecule has 0 aliphatic carbocycles. The molecule has 3 rings (SSSR count). The molecule has 122 valence electrons. The van der Waals surface area contributed by atoms with Crippen molar-refractivity contribution in [3.05, 3.63) is 12.0 Å². The second kappa shape index (κ2) is 5.47. The number of fused-ring (bicyclic) bond motifs is 1. The molecule has 9 nitrogen and oxygen atoms in total. The third-order valence-corrected chi connectivity index (χ3v) is 3.92. The van der Waals surface area contributed by atoms with Crippen LogP contribution >= 0.6 is 0 Å². The Morgan fingerprint density at radius 1 is 1.50 bits per heavy atom. The van der Waals surface area contributed by atoms with Gasteiger partial charge in [-0.15, -0.1) is 0 Å². The number of aliphatic hydroxyl groups is 3. The number of halogens is 1. The quantitative estimate of drug-likeness (QED) is 0.399. The Balaban J connectivity index is 2.01. The maximum absolute atomic E-state index is 14.3. The fraction of sp³-hybridized carbons (Fsp3) is 0.667. The van der Waals surface area contributed by atoms with Crippen LogP contribution < -0.4 is 15.2 Å². The number of nitrogens with one attached hydrogen (secondary N) is 2. The number of rotatable bonds is 2. The minimum Gasteiger partial charge on any atom is -0.394 e. The second-order valence-corrected chi connectivity index (χ2v) is 5.29. The highest BCUT2D eigenvalue weighted by Crippen LogP contribution is 2.31. The van der Waals surface area contributed by atoms with Crippen LogP contribution in [0.1, 0.15) is 18.1 Å². The Morgan fingerprint density at radius 2 is 2.23 bits per heavy atom. The number of ether oxygens (including phenoxy) is 1. The van der Waals surface area contributed by atoms with Gasteiger partial charge in [0.15, 0.2) is 24.4 Å². The summed E-state index contributed by atoms with van der Waals surface area (Å²) in [5.74, 6) is 0.736. The van der Waals surface area contributed by atoms with Gasteiger partial charge in [-0.25, -0.2) is 19.3 Å². The molecule has 0 radical (unpaired) electrons. The van der Waals surface area contributed by atoms with E-state index in [9.17, 15) is 14.6 Å². The molecule has 1 saturated heterocycles. The Kier molecular flexibility index (Phi) is 3.77. The summed E-state index contributed by atoms with van der Waals surface area (Å²) in [5, 5.41) is 34.7. The number of hydrogen-bond acceptors (Lipinski definition) is 5. The summed E-state index contributed by atoms with van der Waals surface area (Å²) < 4.78 is 22.8. The van der Waals surface area contributed by atoms with Gasteiger partial charge < -0.3 is 25.4 Å². The Labute approximate surface area is 125 Å². The molecule has 1 fully saturated rings. The van der Waals surface area contributed by atoms with E-state index in [1.54, 1.807) is 17.9 Å². The molecule has 1 aromatic heterocycles. The van der Waals surface area contributed by atoms with Gasteiger partial charge >= 0.3 is 0 Å². The van der Waals surface area contributed by atoms with E-state index in [1.165, 1.54) is 11.6 Å². The van der Waals surface area contributed by atoms with Gasteiger partial charge in [0.1, 0.15) is 12.2 Å². The smallest absolute Gasteiger partial charge is 0.271 e. The molecule has 0 bridgehead atoms. The zero-order valence-corrected chi connectivity index (χ0v) is 12.1. The van der Waals surface area contributed by atoms with Crippen LogP contribution in [0, 0.1) is 0 Å². The third-order valence-electron chi connectivity index (χ3n) is 3.92. The van der Waals surface area contributed by atoms with Gasteiger partial charge in [-0.1, -0.05) is 0 Å². The summed E-state index contributed by atoms with van der Waals surface area (Å²) in [7, 11) is 3.23. The molecule has 2 aliphatic heterocycles. The van der Waals surface area contributed by atoms with Crippen LogP contribution in [0.2, 0.25) is 0 Å². The number of hydrogen-bond donors (Lipinski definition) is 5. The minimum atomic E-state index is -1.70. The third kappa shape index (κ3) is 2.15. The van der Waals surface area contributed by atoms with E-state index >= 15 is 0 Å². The highest BCUT2D eigenvalue weighted by Gasteiger charge is 2.49. The first-order valence-corrected chi connectivity index (χ1v) is 6.85. The van der Waals surface area contributed by atoms with Gasteiger partial charge in [-0.05, 0) is 0 Å². The van der Waals surface area contributed by atoms with Crippen LogP contribution in [0.4, 0.5) is 10.2 Å². The van der Waals surface area contributed by atoms with Crippen molar-refractivity contribution in [2.24, 2.45) is 12.0 Å². The van der Waals surface area contributed by atoms with Gasteiger partial charge in [0.25, 0.3) is 11.8 Å². The summed E-state index contributed by atoms with van der Waals surface area (Å²) in [4.78, 5) is 3.93. The van der Waals surface area contributed by atoms with Crippen LogP contribution in [-0.4, -0.2) is 57.9 Å². The standard InChI is InChI=1S/C12H19FN5O4/c1-14-12-15-9-7(10(21)16-12)17(2)4-18(9)11-6(13)8(20)5(3-19)22-11/h4-6,8,10-11,19-21H,3H2,1-2H3,(H2,14,15,16)/q+1/t5-,6+,8?,10?,11-/m1/s1. The minimum absolute atomic E-state index is 0.326. The van der Waals surface area contributed by atoms with E-state index in [4.69, 9.17) is 9.84 Å². The maximum atomic E-state index is 14.3. The first-order valence-electron chi connectivity index (χ1n) is 6.85. The van der Waals surface area contributed by atoms with Crippen LogP contribution in [0.5, 0.6) is 0 Å². The molecule has 5 N–H and O–H groups in total. The van der Waals surface area contributed by atoms with Crippen molar-refractivity contribution < 1.29 is 29.0 Å². The van der Waals surface area contributed by atoms with Crippen molar-refractivity contribution in [1.82, 2.24) is 9.88 Å². The van der Waals surface area contributed by atoms with Gasteiger partial charge in [-0.2, -0.15) is 0 Å². The number of aliphatic imine (C=N–C) groups is 1. The molecule has 0 aromatic carbocycles. The van der Waals surface area contributed by atoms with Gasteiger partial charge in [0.2, 0.25) is 6.23 Å². The van der Waals surface area contributed by atoms with Crippen LogP contribution in [0.25, 0.3) is 0 Å². The van der Waals surface area contributed by atoms with E-state index in [0.717, 1.165) is 0 Å². The van der Waals surface area contributed by atoms with E-state index in [0.29, 0.717) is 17.5 Å². The highest BCUT2D eigenvalue weighted by molar-refractivity contribution is 5.94. The zero-order valence-electron chi connectivity index (χ0n) is 12.1. The molecule has 0 saturated carbocycles. The first kappa shape index (κ1) is 15.2. The summed E-state index contributed by atoms with van der Waals surface area (Å²) in [6.07, 6.45) is -4.69. The summed E-state index contributed by atoms with van der Waals surface area (Å²) in [6.45, 7) is -0.479. The molecular weight excluding hydrogens is 297 g/mol. The van der Waals surface area contributed by atoms with Crippen molar-refractivity contribution >= 4 is 11.8 Å². The van der Waals surface area contributed by atoms with Crippen molar-refractivity contribution in [3.63, 3.8) is 0 Å². The SMILES string of the molecule is CN=C1Nc2c(n(C)c[n+]2[C@@H]2O[C@H](CO)C(O)[C@@H]2F)C(O)N1. The van der Waals surface area contributed by atoms with Crippen molar-refractivity contribution in [1.29, 1.82) is 0 Å². The van der Waals surface area contributed by atoms with Crippen LogP contribution in [0.3, 0.4) is 0 Å². The number of aliphatic hydroxyl groups excluding tert-OH is 3. The first-order chi connectivity index (χ1) is 10.5. The number of imidazole rings is 1. The van der Waals surface area contributed by atoms with E-state index < -0.39 is 37.4 Å². The number of alkyl halides is 1. The molecule has 0 amide bonds. The molecular formula is C12H19FN5O4+. The lowest BCUT2D eigenvalue weighted by Crippen LogP contribution is -2.49. The Bertz CT molecular complexity index is 607. The van der Waals surface area contributed by atoms with Gasteiger partial charge in [0.05, 0.1) is 13.7 Å². The van der Waals surface area contributed by atoms with Crippen molar-refractivity contribution in [2.75, 3.05) is 19.0 Å². The van der Waals surface area contributed by atoms with Crippen molar-refractivity contribution in [2.45, 2.75) is 30.8 Å². The predicted octanol–water partition coefficient (Wildman–Crippen LogP) is -2.11. The molecule has 22 heavy (non-hydrogen) atoms. The van der Waals surface area contributed by atoms with Gasteiger partial charge in [0, 0.05) is 7.05 Å². The second-order valence-electron chi connectivity index (χ2n) is 5.29. The largest absolute Gasteiger partial charge is 0.394 e. The lowest BCUT2D eigenvalue weighted by Gasteiger charge is -2.21. The highest BCUT2D eigenvalue weighted by atomic mass is 19.1. The molecule has 3 heterocycles. The van der Waals surface area contributed by atoms with Crippen LogP contribution in [-0.2, 0) is 11.8 Å². The van der Waals surface area contributed by atoms with E-state index in [1.807, 2.05) is 0 Å². The lowest BCUT2D eigenvalue weighted by molar-refractivity contribution is -0.751. The monoisotopic (exact) mass is 316 g/mol. The fourth-order valence-electron chi connectivity index (χ4n) is 2.79.